The largest absolute Gasteiger partial charge is 0.465 e. The standard InChI is InChI=1S/C12H12O4/c1-15-12(14)10-4-2-3-8-7-9(5-6-13)16-11(8)10/h2-4,7,13H,5-6H2,1H3. The van der Waals surface area contributed by atoms with Crippen LogP contribution in [0.4, 0.5) is 0 Å². The summed E-state index contributed by atoms with van der Waals surface area (Å²) in [4.78, 5) is 11.5. The van der Waals surface area contributed by atoms with Gasteiger partial charge in [0, 0.05) is 11.8 Å². The fourth-order valence-corrected chi connectivity index (χ4v) is 1.62. The van der Waals surface area contributed by atoms with Crippen molar-refractivity contribution in [2.75, 3.05) is 13.7 Å². The summed E-state index contributed by atoms with van der Waals surface area (Å²) in [5.41, 5.74) is 0.919. The highest BCUT2D eigenvalue weighted by Gasteiger charge is 2.14. The molecular weight excluding hydrogens is 208 g/mol. The molecule has 16 heavy (non-hydrogen) atoms. The minimum atomic E-state index is -0.421. The van der Waals surface area contributed by atoms with Crippen LogP contribution >= 0.6 is 0 Å². The molecule has 0 saturated carbocycles. The summed E-state index contributed by atoms with van der Waals surface area (Å²) >= 11 is 0. The maximum absolute atomic E-state index is 11.5. The number of hydrogen-bond donors (Lipinski definition) is 1. The molecule has 0 spiro atoms. The van der Waals surface area contributed by atoms with Crippen molar-refractivity contribution >= 4 is 16.9 Å². The average molecular weight is 220 g/mol. The lowest BCUT2D eigenvalue weighted by Crippen LogP contribution is -2.00. The third-order valence-electron chi connectivity index (χ3n) is 2.36. The summed E-state index contributed by atoms with van der Waals surface area (Å²) in [6.45, 7) is 0.0212. The minimum absolute atomic E-state index is 0.0212. The smallest absolute Gasteiger partial charge is 0.341 e. The van der Waals surface area contributed by atoms with E-state index >= 15 is 0 Å². The normalized spacial score (nSPS) is 10.6. The van der Waals surface area contributed by atoms with Gasteiger partial charge in [-0.1, -0.05) is 12.1 Å². The highest BCUT2D eigenvalue weighted by atomic mass is 16.5. The molecule has 0 atom stereocenters. The zero-order valence-electron chi connectivity index (χ0n) is 8.90. The molecule has 0 fully saturated rings. The summed E-state index contributed by atoms with van der Waals surface area (Å²) in [5, 5.41) is 9.66. The summed E-state index contributed by atoms with van der Waals surface area (Å²) in [6, 6.07) is 7.09. The van der Waals surface area contributed by atoms with Crippen molar-refractivity contribution in [1.82, 2.24) is 0 Å². The number of aliphatic hydroxyl groups is 1. The number of para-hydroxylation sites is 1. The Bertz CT molecular complexity index is 513. The van der Waals surface area contributed by atoms with Crippen LogP contribution in [0, 0.1) is 0 Å². The average Bonchev–Trinajstić information content (AvgIpc) is 2.70. The summed E-state index contributed by atoms with van der Waals surface area (Å²) in [5.74, 6) is 0.240. The van der Waals surface area contributed by atoms with Crippen molar-refractivity contribution in [2.45, 2.75) is 6.42 Å². The van der Waals surface area contributed by atoms with Gasteiger partial charge in [0.15, 0.2) is 0 Å². The lowest BCUT2D eigenvalue weighted by molar-refractivity contribution is 0.0601. The number of carbonyl (C=O) groups is 1. The summed E-state index contributed by atoms with van der Waals surface area (Å²) in [6.07, 6.45) is 0.440. The van der Waals surface area contributed by atoms with E-state index in [0.29, 0.717) is 23.3 Å². The van der Waals surface area contributed by atoms with Gasteiger partial charge in [-0.2, -0.15) is 0 Å². The molecule has 0 aliphatic heterocycles. The monoisotopic (exact) mass is 220 g/mol. The van der Waals surface area contributed by atoms with E-state index < -0.39 is 5.97 Å². The number of ether oxygens (including phenoxy) is 1. The van der Waals surface area contributed by atoms with Crippen LogP contribution in [0.1, 0.15) is 16.1 Å². The SMILES string of the molecule is COC(=O)c1cccc2cc(CCO)oc12. The van der Waals surface area contributed by atoms with Crippen molar-refractivity contribution < 1.29 is 19.1 Å². The molecule has 0 radical (unpaired) electrons. The van der Waals surface area contributed by atoms with Gasteiger partial charge in [0.05, 0.1) is 13.7 Å². The molecule has 1 N–H and O–H groups in total. The number of aliphatic hydroxyl groups excluding tert-OH is 1. The lowest BCUT2D eigenvalue weighted by atomic mass is 10.1. The third kappa shape index (κ3) is 1.79. The number of rotatable bonds is 3. The van der Waals surface area contributed by atoms with Crippen LogP contribution in [0.3, 0.4) is 0 Å². The Morgan fingerprint density at radius 2 is 2.31 bits per heavy atom. The minimum Gasteiger partial charge on any atom is -0.465 e. The Morgan fingerprint density at radius 1 is 1.50 bits per heavy atom. The van der Waals surface area contributed by atoms with E-state index in [1.54, 1.807) is 12.1 Å². The number of carbonyl (C=O) groups excluding carboxylic acids is 1. The molecular formula is C12H12O4. The number of furan rings is 1. The number of fused-ring (bicyclic) bond motifs is 1. The van der Waals surface area contributed by atoms with Crippen molar-refractivity contribution in [3.8, 4) is 0 Å². The summed E-state index contributed by atoms with van der Waals surface area (Å²) in [7, 11) is 1.33. The second kappa shape index (κ2) is 4.37. The van der Waals surface area contributed by atoms with Crippen molar-refractivity contribution in [1.29, 1.82) is 0 Å². The molecule has 2 aromatic rings. The second-order valence-electron chi connectivity index (χ2n) is 3.40. The Morgan fingerprint density at radius 3 is 3.00 bits per heavy atom. The first-order chi connectivity index (χ1) is 7.76. The molecule has 0 unspecified atom stereocenters. The molecule has 4 heteroatoms. The molecule has 1 heterocycles. The molecule has 2 rings (SSSR count). The van der Waals surface area contributed by atoms with Crippen LogP contribution in [-0.4, -0.2) is 24.8 Å². The Labute approximate surface area is 92.4 Å². The van der Waals surface area contributed by atoms with Gasteiger partial charge in [0.1, 0.15) is 16.9 Å². The van der Waals surface area contributed by atoms with Crippen LogP contribution in [0.2, 0.25) is 0 Å². The number of benzene rings is 1. The van der Waals surface area contributed by atoms with E-state index in [9.17, 15) is 4.79 Å². The maximum atomic E-state index is 11.5. The number of methoxy groups -OCH3 is 1. The van der Waals surface area contributed by atoms with Gasteiger partial charge < -0.3 is 14.3 Å². The first-order valence-electron chi connectivity index (χ1n) is 4.97. The molecule has 0 aliphatic carbocycles. The fraction of sp³-hybridized carbons (Fsp3) is 0.250. The van der Waals surface area contributed by atoms with Gasteiger partial charge in [-0.25, -0.2) is 4.79 Å². The van der Waals surface area contributed by atoms with Crippen molar-refractivity contribution in [3.63, 3.8) is 0 Å². The maximum Gasteiger partial charge on any atom is 0.341 e. The quantitative estimate of drug-likeness (QED) is 0.800. The zero-order chi connectivity index (χ0) is 11.5. The molecule has 1 aromatic carbocycles. The van der Waals surface area contributed by atoms with Gasteiger partial charge in [0.25, 0.3) is 0 Å². The molecule has 84 valence electrons. The summed E-state index contributed by atoms with van der Waals surface area (Å²) < 4.78 is 10.2. The highest BCUT2D eigenvalue weighted by Crippen LogP contribution is 2.23. The second-order valence-corrected chi connectivity index (χ2v) is 3.40. The zero-order valence-corrected chi connectivity index (χ0v) is 8.90. The molecule has 1 aromatic heterocycles. The Kier molecular flexibility index (Phi) is 2.92. The van der Waals surface area contributed by atoms with Crippen molar-refractivity contribution in [2.24, 2.45) is 0 Å². The highest BCUT2D eigenvalue weighted by molar-refractivity contribution is 6.02. The molecule has 4 nitrogen and oxygen atoms in total. The van der Waals surface area contributed by atoms with Gasteiger partial charge >= 0.3 is 5.97 Å². The first kappa shape index (κ1) is 10.7. The molecule has 0 amide bonds. The van der Waals surface area contributed by atoms with E-state index in [0.717, 1.165) is 5.39 Å². The van der Waals surface area contributed by atoms with Gasteiger partial charge in [-0.3, -0.25) is 0 Å². The van der Waals surface area contributed by atoms with Crippen LogP contribution in [0.25, 0.3) is 11.0 Å². The molecule has 0 saturated heterocycles. The number of esters is 1. The number of hydrogen-bond acceptors (Lipinski definition) is 4. The van der Waals surface area contributed by atoms with E-state index in [2.05, 4.69) is 4.74 Å². The van der Waals surface area contributed by atoms with Crippen molar-refractivity contribution in [3.05, 3.63) is 35.6 Å². The van der Waals surface area contributed by atoms with Crippen LogP contribution in [0.15, 0.2) is 28.7 Å². The lowest BCUT2D eigenvalue weighted by Gasteiger charge is -1.98. The topological polar surface area (TPSA) is 59.7 Å². The van der Waals surface area contributed by atoms with Gasteiger partial charge in [-0.05, 0) is 12.1 Å². The fourth-order valence-electron chi connectivity index (χ4n) is 1.62. The Balaban J connectivity index is 2.54. The van der Waals surface area contributed by atoms with E-state index in [-0.39, 0.29) is 6.61 Å². The van der Waals surface area contributed by atoms with E-state index in [1.165, 1.54) is 7.11 Å². The van der Waals surface area contributed by atoms with E-state index in [1.807, 2.05) is 12.1 Å². The van der Waals surface area contributed by atoms with Crippen LogP contribution < -0.4 is 0 Å². The molecule has 0 bridgehead atoms. The van der Waals surface area contributed by atoms with E-state index in [4.69, 9.17) is 9.52 Å². The predicted molar refractivity (Wildman–Crippen MR) is 58.3 cm³/mol. The predicted octanol–water partition coefficient (Wildman–Crippen LogP) is 1.75. The molecule has 0 aliphatic rings. The van der Waals surface area contributed by atoms with Gasteiger partial charge in [0.2, 0.25) is 0 Å². The third-order valence-corrected chi connectivity index (χ3v) is 2.36. The van der Waals surface area contributed by atoms with Gasteiger partial charge in [-0.15, -0.1) is 0 Å². The van der Waals surface area contributed by atoms with Crippen LogP contribution in [-0.2, 0) is 11.2 Å². The Hall–Kier alpha value is -1.81. The van der Waals surface area contributed by atoms with Crippen LogP contribution in [0.5, 0.6) is 0 Å². The first-order valence-corrected chi connectivity index (χ1v) is 4.97.